The molecule has 0 aromatic heterocycles. The number of hydrogen-bond donors (Lipinski definition) is 0. The number of ketones is 1. The van der Waals surface area contributed by atoms with Crippen molar-refractivity contribution < 1.29 is 4.79 Å². The Hall–Kier alpha value is -1.68. The molecular weight excluding hydrogens is 383 g/mol. The van der Waals surface area contributed by atoms with Gasteiger partial charge in [0.25, 0.3) is 0 Å². The fraction of sp³-hybridized carbons (Fsp3) is 0.150. The maximum Gasteiger partial charge on any atom is 0.194 e. The van der Waals surface area contributed by atoms with Crippen LogP contribution in [-0.2, 0) is 6.42 Å². The summed E-state index contributed by atoms with van der Waals surface area (Å²) in [5.41, 5.74) is 4.11. The van der Waals surface area contributed by atoms with Crippen LogP contribution in [0.25, 0.3) is 10.8 Å². The summed E-state index contributed by atoms with van der Waals surface area (Å²) in [5.74, 6) is 0.170. The van der Waals surface area contributed by atoms with Gasteiger partial charge in [-0.1, -0.05) is 83.3 Å². The lowest BCUT2D eigenvalue weighted by Crippen LogP contribution is -2.13. The van der Waals surface area contributed by atoms with E-state index in [9.17, 15) is 4.79 Å². The maximum atomic E-state index is 13.2. The van der Waals surface area contributed by atoms with Gasteiger partial charge >= 0.3 is 0 Å². The van der Waals surface area contributed by atoms with Crippen LogP contribution in [0.3, 0.4) is 0 Å². The van der Waals surface area contributed by atoms with Crippen LogP contribution in [0.15, 0.2) is 60.7 Å². The van der Waals surface area contributed by atoms with Gasteiger partial charge in [-0.15, -0.1) is 0 Å². The second-order valence-electron chi connectivity index (χ2n) is 5.74. The SMILES string of the molecule is O=C1c2ccccc2CCC(I)c2ccc3ccccc3c21. The zero-order chi connectivity index (χ0) is 15.1. The molecule has 0 N–H and O–H groups in total. The smallest absolute Gasteiger partial charge is 0.194 e. The van der Waals surface area contributed by atoms with Crippen LogP contribution < -0.4 is 0 Å². The number of hydrogen-bond acceptors (Lipinski definition) is 1. The summed E-state index contributed by atoms with van der Waals surface area (Å²) >= 11 is 2.48. The van der Waals surface area contributed by atoms with Crippen molar-refractivity contribution in [3.63, 3.8) is 0 Å². The molecule has 4 rings (SSSR count). The molecule has 0 spiro atoms. The fourth-order valence-corrected chi connectivity index (χ4v) is 4.17. The Morgan fingerprint density at radius 1 is 0.909 bits per heavy atom. The van der Waals surface area contributed by atoms with Crippen LogP contribution in [0.5, 0.6) is 0 Å². The van der Waals surface area contributed by atoms with Gasteiger partial charge < -0.3 is 0 Å². The van der Waals surface area contributed by atoms with Gasteiger partial charge in [-0.3, -0.25) is 4.79 Å². The van der Waals surface area contributed by atoms with E-state index in [2.05, 4.69) is 52.9 Å². The largest absolute Gasteiger partial charge is 0.289 e. The quantitative estimate of drug-likeness (QED) is 0.361. The molecule has 0 saturated carbocycles. The predicted octanol–water partition coefficient (Wildman–Crippen LogP) is 5.49. The first-order chi connectivity index (χ1) is 10.8. The number of alkyl halides is 1. The Morgan fingerprint density at radius 2 is 1.68 bits per heavy atom. The zero-order valence-corrected chi connectivity index (χ0v) is 14.2. The number of benzene rings is 3. The van der Waals surface area contributed by atoms with Crippen molar-refractivity contribution in [3.05, 3.63) is 82.9 Å². The standard InChI is InChI=1S/C20H15IO/c21-18-12-10-14-6-2-4-8-16(14)20(22)19-15-7-3-1-5-13(15)9-11-17(18)19/h1-9,11,18H,10,12H2. The second kappa shape index (κ2) is 5.51. The van der Waals surface area contributed by atoms with E-state index in [0.717, 1.165) is 34.7 Å². The number of carbonyl (C=O) groups is 1. The Kier molecular flexibility index (Phi) is 3.49. The van der Waals surface area contributed by atoms with Crippen molar-refractivity contribution in [2.45, 2.75) is 16.8 Å². The number of fused-ring (bicyclic) bond motifs is 4. The van der Waals surface area contributed by atoms with Crippen LogP contribution in [0.4, 0.5) is 0 Å². The second-order valence-corrected chi connectivity index (χ2v) is 7.25. The van der Waals surface area contributed by atoms with Gasteiger partial charge in [0.05, 0.1) is 0 Å². The molecule has 3 aromatic carbocycles. The highest BCUT2D eigenvalue weighted by Crippen LogP contribution is 2.38. The summed E-state index contributed by atoms with van der Waals surface area (Å²) in [4.78, 5) is 13.2. The molecule has 2 heteroatoms. The predicted molar refractivity (Wildman–Crippen MR) is 98.9 cm³/mol. The Labute approximate surface area is 143 Å². The zero-order valence-electron chi connectivity index (χ0n) is 12.1. The fourth-order valence-electron chi connectivity index (χ4n) is 3.34. The number of rotatable bonds is 0. The molecule has 0 bridgehead atoms. The van der Waals surface area contributed by atoms with Crippen molar-refractivity contribution in [3.8, 4) is 0 Å². The van der Waals surface area contributed by atoms with Crippen LogP contribution in [0, 0.1) is 0 Å². The van der Waals surface area contributed by atoms with E-state index in [4.69, 9.17) is 0 Å². The lowest BCUT2D eigenvalue weighted by atomic mass is 9.85. The summed E-state index contributed by atoms with van der Waals surface area (Å²) in [6.45, 7) is 0. The van der Waals surface area contributed by atoms with Gasteiger partial charge in [-0.05, 0) is 34.7 Å². The average Bonchev–Trinajstić information content (AvgIpc) is 2.57. The van der Waals surface area contributed by atoms with Crippen LogP contribution >= 0.6 is 22.6 Å². The minimum Gasteiger partial charge on any atom is -0.289 e. The first-order valence-corrected chi connectivity index (χ1v) is 8.78. The van der Waals surface area contributed by atoms with Gasteiger partial charge in [0.15, 0.2) is 5.78 Å². The minimum absolute atomic E-state index is 0.170. The Bertz CT molecular complexity index is 882. The molecule has 0 radical (unpaired) electrons. The van der Waals surface area contributed by atoms with Crippen molar-refractivity contribution in [2.24, 2.45) is 0 Å². The molecule has 0 aliphatic heterocycles. The lowest BCUT2D eigenvalue weighted by molar-refractivity contribution is 0.103. The average molecular weight is 398 g/mol. The van der Waals surface area contributed by atoms with Crippen molar-refractivity contribution >= 4 is 39.1 Å². The highest BCUT2D eigenvalue weighted by Gasteiger charge is 2.25. The maximum absolute atomic E-state index is 13.2. The third kappa shape index (κ3) is 2.17. The number of carbonyl (C=O) groups excluding carboxylic acids is 1. The highest BCUT2D eigenvalue weighted by atomic mass is 127. The highest BCUT2D eigenvalue weighted by molar-refractivity contribution is 14.1. The molecule has 0 saturated heterocycles. The van der Waals surface area contributed by atoms with Crippen molar-refractivity contribution in [1.29, 1.82) is 0 Å². The molecule has 0 fully saturated rings. The first kappa shape index (κ1) is 13.9. The summed E-state index contributed by atoms with van der Waals surface area (Å²) < 4.78 is 0.370. The minimum atomic E-state index is 0.170. The Balaban J connectivity index is 2.06. The van der Waals surface area contributed by atoms with Gasteiger partial charge in [-0.2, -0.15) is 0 Å². The molecule has 1 aliphatic rings. The van der Waals surface area contributed by atoms with Crippen LogP contribution in [0.2, 0.25) is 0 Å². The van der Waals surface area contributed by atoms with Crippen LogP contribution in [-0.4, -0.2) is 5.78 Å². The molecule has 22 heavy (non-hydrogen) atoms. The third-order valence-electron chi connectivity index (χ3n) is 4.45. The van der Waals surface area contributed by atoms with E-state index < -0.39 is 0 Å². The summed E-state index contributed by atoms with van der Waals surface area (Å²) in [5, 5.41) is 2.21. The molecule has 3 aromatic rings. The molecule has 0 heterocycles. The molecule has 1 atom stereocenters. The molecule has 108 valence electrons. The lowest BCUT2D eigenvalue weighted by Gasteiger charge is -2.21. The number of halogens is 1. The Morgan fingerprint density at radius 3 is 2.59 bits per heavy atom. The number of aryl methyl sites for hydroxylation is 1. The normalized spacial score (nSPS) is 17.5. The summed E-state index contributed by atoms with van der Waals surface area (Å²) in [7, 11) is 0. The van der Waals surface area contributed by atoms with Gasteiger partial charge in [0.2, 0.25) is 0 Å². The van der Waals surface area contributed by atoms with Gasteiger partial charge in [-0.25, -0.2) is 0 Å². The van der Waals surface area contributed by atoms with E-state index in [1.165, 1.54) is 11.1 Å². The molecule has 0 amide bonds. The molecule has 1 unspecified atom stereocenters. The van der Waals surface area contributed by atoms with E-state index in [0.29, 0.717) is 3.92 Å². The molecule has 1 nitrogen and oxygen atoms in total. The van der Waals surface area contributed by atoms with E-state index in [1.807, 2.05) is 30.3 Å². The van der Waals surface area contributed by atoms with E-state index in [-0.39, 0.29) is 5.78 Å². The van der Waals surface area contributed by atoms with Crippen LogP contribution in [0.1, 0.15) is 37.4 Å². The monoisotopic (exact) mass is 398 g/mol. The molecular formula is C20H15IO. The van der Waals surface area contributed by atoms with Gasteiger partial charge in [0.1, 0.15) is 0 Å². The molecule has 1 aliphatic carbocycles. The van der Waals surface area contributed by atoms with Crippen molar-refractivity contribution in [2.75, 3.05) is 0 Å². The van der Waals surface area contributed by atoms with Crippen molar-refractivity contribution in [1.82, 2.24) is 0 Å². The summed E-state index contributed by atoms with van der Waals surface area (Å²) in [6, 6.07) is 20.5. The van der Waals surface area contributed by atoms with E-state index in [1.54, 1.807) is 0 Å². The third-order valence-corrected chi connectivity index (χ3v) is 5.75. The van der Waals surface area contributed by atoms with E-state index >= 15 is 0 Å². The topological polar surface area (TPSA) is 17.1 Å². The summed E-state index contributed by atoms with van der Waals surface area (Å²) in [6.07, 6.45) is 2.03. The van der Waals surface area contributed by atoms with Gasteiger partial charge in [0, 0.05) is 15.1 Å². The first-order valence-electron chi connectivity index (χ1n) is 7.54.